The van der Waals surface area contributed by atoms with Crippen LogP contribution in [0.4, 0.5) is 10.7 Å². The second-order valence-electron chi connectivity index (χ2n) is 3.98. The number of aliphatic imine (C=N–C) groups is 1. The molecule has 92 valence electrons. The molecule has 4 nitrogen and oxygen atoms in total. The molecule has 5 heteroatoms. The number of hydrogen-bond donors (Lipinski definition) is 0. The summed E-state index contributed by atoms with van der Waals surface area (Å²) in [7, 11) is 0. The molecule has 0 aliphatic carbocycles. The second kappa shape index (κ2) is 5.10. The fourth-order valence-electron chi connectivity index (χ4n) is 1.59. The molecule has 0 radical (unpaired) electrons. The first-order chi connectivity index (χ1) is 8.56. The maximum Gasteiger partial charge on any atom is 0.324 e. The van der Waals surface area contributed by atoms with Crippen molar-refractivity contribution in [2.24, 2.45) is 4.99 Å². The highest BCUT2D eigenvalue weighted by Crippen LogP contribution is 2.24. The zero-order valence-corrected chi connectivity index (χ0v) is 10.9. The number of hydrogen-bond acceptors (Lipinski definition) is 4. The van der Waals surface area contributed by atoms with Gasteiger partial charge in [-0.1, -0.05) is 29.0 Å². The summed E-state index contributed by atoms with van der Waals surface area (Å²) >= 11 is 1.12. The van der Waals surface area contributed by atoms with E-state index in [1.807, 2.05) is 26.0 Å². The lowest BCUT2D eigenvalue weighted by atomic mass is 10.1. The minimum atomic E-state index is -0.390. The molecule has 2 aromatic rings. The Morgan fingerprint density at radius 3 is 2.67 bits per heavy atom. The monoisotopic (exact) mass is 260 g/mol. The summed E-state index contributed by atoms with van der Waals surface area (Å²) in [6.45, 7) is 4.03. The van der Waals surface area contributed by atoms with Crippen LogP contribution in [0.5, 0.6) is 0 Å². The summed E-state index contributed by atoms with van der Waals surface area (Å²) in [6, 6.07) is 9.20. The van der Waals surface area contributed by atoms with E-state index in [-0.39, 0.29) is 9.92 Å². The van der Waals surface area contributed by atoms with Gasteiger partial charge in [0, 0.05) is 12.3 Å². The van der Waals surface area contributed by atoms with Gasteiger partial charge in [-0.25, -0.2) is 0 Å². The maximum atomic E-state index is 10.6. The third-order valence-corrected chi connectivity index (χ3v) is 3.45. The average Bonchev–Trinajstić information content (AvgIpc) is 2.76. The van der Waals surface area contributed by atoms with Crippen LogP contribution in [-0.2, 0) is 0 Å². The van der Waals surface area contributed by atoms with Crippen molar-refractivity contribution in [2.75, 3.05) is 0 Å². The van der Waals surface area contributed by atoms with Crippen LogP contribution >= 0.6 is 11.3 Å². The molecule has 0 bridgehead atoms. The number of nitrogens with zero attached hydrogens (tertiary/aromatic N) is 2. The maximum absolute atomic E-state index is 10.6. The Kier molecular flexibility index (Phi) is 3.53. The minimum Gasteiger partial charge on any atom is -0.258 e. The van der Waals surface area contributed by atoms with E-state index in [1.54, 1.807) is 12.3 Å². The van der Waals surface area contributed by atoms with Crippen LogP contribution in [0.2, 0.25) is 0 Å². The molecule has 0 amide bonds. The largest absolute Gasteiger partial charge is 0.324 e. The number of rotatable bonds is 3. The Hall–Kier alpha value is -2.01. The topological polar surface area (TPSA) is 55.5 Å². The molecule has 0 atom stereocenters. The van der Waals surface area contributed by atoms with E-state index in [0.717, 1.165) is 27.5 Å². The number of thiophene rings is 1. The van der Waals surface area contributed by atoms with Crippen molar-refractivity contribution in [2.45, 2.75) is 13.8 Å². The van der Waals surface area contributed by atoms with E-state index in [1.165, 1.54) is 11.6 Å². The molecule has 1 aromatic heterocycles. The fourth-order valence-corrected chi connectivity index (χ4v) is 2.29. The summed E-state index contributed by atoms with van der Waals surface area (Å²) in [6.07, 6.45) is 1.66. The minimum absolute atomic E-state index is 0.136. The van der Waals surface area contributed by atoms with Crippen molar-refractivity contribution in [1.82, 2.24) is 0 Å². The lowest BCUT2D eigenvalue weighted by Crippen LogP contribution is -1.81. The summed E-state index contributed by atoms with van der Waals surface area (Å²) < 4.78 is 0. The van der Waals surface area contributed by atoms with Gasteiger partial charge in [0.05, 0.1) is 15.5 Å². The van der Waals surface area contributed by atoms with Gasteiger partial charge in [-0.2, -0.15) is 0 Å². The molecule has 0 saturated heterocycles. The average molecular weight is 260 g/mol. The van der Waals surface area contributed by atoms with E-state index < -0.39 is 0 Å². The highest BCUT2D eigenvalue weighted by atomic mass is 32.1. The van der Waals surface area contributed by atoms with Crippen molar-refractivity contribution in [3.63, 3.8) is 0 Å². The molecule has 0 aliphatic rings. The van der Waals surface area contributed by atoms with Crippen LogP contribution in [0.25, 0.3) is 0 Å². The van der Waals surface area contributed by atoms with Crippen LogP contribution in [-0.4, -0.2) is 11.1 Å². The molecule has 0 N–H and O–H groups in total. The lowest BCUT2D eigenvalue weighted by molar-refractivity contribution is -0.380. The molecule has 0 unspecified atom stereocenters. The van der Waals surface area contributed by atoms with Crippen LogP contribution in [0, 0.1) is 24.0 Å². The molecule has 2 rings (SSSR count). The van der Waals surface area contributed by atoms with Crippen LogP contribution in [0.3, 0.4) is 0 Å². The molecule has 0 aliphatic heterocycles. The summed E-state index contributed by atoms with van der Waals surface area (Å²) in [5, 5.41) is 10.7. The Balaban J connectivity index is 2.21. The Morgan fingerprint density at radius 2 is 2.06 bits per heavy atom. The molecule has 0 saturated carbocycles. The Morgan fingerprint density at radius 1 is 1.28 bits per heavy atom. The first-order valence-corrected chi connectivity index (χ1v) is 6.23. The van der Waals surface area contributed by atoms with E-state index in [2.05, 4.69) is 11.1 Å². The SMILES string of the molecule is Cc1ccc(N=Cc2ccc([N+](=O)[O-])s2)c(C)c1. The third-order valence-electron chi connectivity index (χ3n) is 2.48. The highest BCUT2D eigenvalue weighted by molar-refractivity contribution is 7.16. The standard InChI is InChI=1S/C13H12N2O2S/c1-9-3-5-12(10(2)7-9)14-8-11-4-6-13(18-11)15(16)17/h3-8H,1-2H3. The Labute approximate surface area is 109 Å². The predicted octanol–water partition coefficient (Wildman–Crippen LogP) is 4.02. The first-order valence-electron chi connectivity index (χ1n) is 5.42. The molecule has 0 fully saturated rings. The molecule has 18 heavy (non-hydrogen) atoms. The number of aryl methyl sites for hydroxylation is 2. The van der Waals surface area contributed by atoms with Gasteiger partial charge in [-0.15, -0.1) is 0 Å². The van der Waals surface area contributed by atoms with Crippen molar-refractivity contribution in [1.29, 1.82) is 0 Å². The Bertz CT molecular complexity index is 617. The van der Waals surface area contributed by atoms with Gasteiger partial charge in [0.1, 0.15) is 0 Å². The second-order valence-corrected chi connectivity index (χ2v) is 5.08. The van der Waals surface area contributed by atoms with Gasteiger partial charge in [-0.05, 0) is 31.5 Å². The van der Waals surface area contributed by atoms with Gasteiger partial charge in [0.15, 0.2) is 0 Å². The molecule has 1 aromatic carbocycles. The number of nitro groups is 1. The van der Waals surface area contributed by atoms with Crippen molar-refractivity contribution in [3.05, 3.63) is 56.5 Å². The zero-order chi connectivity index (χ0) is 13.1. The lowest BCUT2D eigenvalue weighted by Gasteiger charge is -2.00. The fraction of sp³-hybridized carbons (Fsp3) is 0.154. The van der Waals surface area contributed by atoms with E-state index >= 15 is 0 Å². The molecule has 1 heterocycles. The summed E-state index contributed by atoms with van der Waals surface area (Å²) in [5.74, 6) is 0. The van der Waals surface area contributed by atoms with Crippen LogP contribution in [0.15, 0.2) is 35.3 Å². The van der Waals surface area contributed by atoms with Crippen molar-refractivity contribution in [3.8, 4) is 0 Å². The van der Waals surface area contributed by atoms with E-state index in [9.17, 15) is 10.1 Å². The van der Waals surface area contributed by atoms with Crippen LogP contribution in [0.1, 0.15) is 16.0 Å². The zero-order valence-electron chi connectivity index (χ0n) is 10.1. The van der Waals surface area contributed by atoms with Crippen molar-refractivity contribution >= 4 is 28.2 Å². The quantitative estimate of drug-likeness (QED) is 0.475. The third kappa shape index (κ3) is 2.81. The highest BCUT2D eigenvalue weighted by Gasteiger charge is 2.07. The first kappa shape index (κ1) is 12.4. The van der Waals surface area contributed by atoms with E-state index in [0.29, 0.717) is 0 Å². The smallest absolute Gasteiger partial charge is 0.258 e. The van der Waals surface area contributed by atoms with Gasteiger partial charge in [0.25, 0.3) is 0 Å². The number of benzene rings is 1. The summed E-state index contributed by atoms with van der Waals surface area (Å²) in [4.78, 5) is 15.3. The normalized spacial score (nSPS) is 11.0. The summed E-state index contributed by atoms with van der Waals surface area (Å²) in [5.41, 5.74) is 3.17. The molecule has 0 spiro atoms. The van der Waals surface area contributed by atoms with Gasteiger partial charge >= 0.3 is 5.00 Å². The molecular formula is C13H12N2O2S. The van der Waals surface area contributed by atoms with Gasteiger partial charge in [0.2, 0.25) is 0 Å². The predicted molar refractivity (Wildman–Crippen MR) is 74.1 cm³/mol. The van der Waals surface area contributed by atoms with Gasteiger partial charge < -0.3 is 0 Å². The van der Waals surface area contributed by atoms with Crippen molar-refractivity contribution < 1.29 is 4.92 Å². The van der Waals surface area contributed by atoms with Crippen LogP contribution < -0.4 is 0 Å². The van der Waals surface area contributed by atoms with E-state index in [4.69, 9.17) is 0 Å². The molecular weight excluding hydrogens is 248 g/mol. The van der Waals surface area contributed by atoms with Gasteiger partial charge in [-0.3, -0.25) is 15.1 Å².